The zero-order valence-electron chi connectivity index (χ0n) is 12.7. The Bertz CT molecular complexity index is 721. The lowest BCUT2D eigenvalue weighted by molar-refractivity contribution is 0.181. The molecule has 0 unspecified atom stereocenters. The number of hydrogen-bond donors (Lipinski definition) is 1. The molecule has 1 aliphatic rings. The summed E-state index contributed by atoms with van der Waals surface area (Å²) in [6.07, 6.45) is -0.384. The van der Waals surface area contributed by atoms with Gasteiger partial charge >= 0.3 is 6.09 Å². The number of benzene rings is 2. The molecule has 2 aromatic rings. The van der Waals surface area contributed by atoms with Gasteiger partial charge < -0.3 is 14.8 Å². The number of halogens is 1. The Balaban J connectivity index is 1.79. The van der Waals surface area contributed by atoms with Crippen LogP contribution >= 0.6 is 0 Å². The molecule has 1 N–H and O–H groups in total. The van der Waals surface area contributed by atoms with Crippen molar-refractivity contribution in [3.63, 3.8) is 0 Å². The molecule has 0 atom stereocenters. The number of hydrogen-bond acceptors (Lipinski definition) is 4. The second-order valence-corrected chi connectivity index (χ2v) is 5.14. The lowest BCUT2D eigenvalue weighted by Gasteiger charge is -2.18. The maximum Gasteiger partial charge on any atom is 0.414 e. The Hall–Kier alpha value is -2.76. The van der Waals surface area contributed by atoms with E-state index in [0.717, 1.165) is 11.3 Å². The van der Waals surface area contributed by atoms with E-state index in [0.29, 0.717) is 31.1 Å². The van der Waals surface area contributed by atoms with Gasteiger partial charge in [0, 0.05) is 12.2 Å². The van der Waals surface area contributed by atoms with Crippen molar-refractivity contribution in [3.05, 3.63) is 53.8 Å². The number of nitrogens with zero attached hydrogens (tertiary/aromatic N) is 1. The maximum atomic E-state index is 13.2. The quantitative estimate of drug-likeness (QED) is 0.918. The molecule has 0 saturated carbocycles. The number of methoxy groups -OCH3 is 1. The highest BCUT2D eigenvalue weighted by Gasteiger charge is 2.26. The molecule has 0 spiro atoms. The Labute approximate surface area is 133 Å². The van der Waals surface area contributed by atoms with Crippen molar-refractivity contribution in [1.29, 1.82) is 0 Å². The zero-order valence-corrected chi connectivity index (χ0v) is 12.7. The number of ether oxygens (including phenoxy) is 2. The van der Waals surface area contributed by atoms with Gasteiger partial charge in [-0.05, 0) is 35.9 Å². The number of cyclic esters (lactones) is 1. The van der Waals surface area contributed by atoms with Crippen LogP contribution in [0.15, 0.2) is 42.5 Å². The van der Waals surface area contributed by atoms with E-state index in [2.05, 4.69) is 5.32 Å². The molecule has 1 saturated heterocycles. The summed E-state index contributed by atoms with van der Waals surface area (Å²) in [4.78, 5) is 13.3. The van der Waals surface area contributed by atoms with Crippen LogP contribution in [0.3, 0.4) is 0 Å². The molecule has 120 valence electrons. The summed E-state index contributed by atoms with van der Waals surface area (Å²) in [6, 6.07) is 11.9. The standard InChI is InChI=1S/C17H17FN2O3/c1-22-16-6-5-14(10-15(16)20-7-8-23-17(20)21)19-11-12-3-2-4-13(18)9-12/h2-6,9-10,19H,7-8,11H2,1H3. The number of rotatable bonds is 5. The van der Waals surface area contributed by atoms with Crippen molar-refractivity contribution in [2.75, 3.05) is 30.5 Å². The highest BCUT2D eigenvalue weighted by atomic mass is 19.1. The number of amides is 1. The van der Waals surface area contributed by atoms with Crippen LogP contribution in [0.2, 0.25) is 0 Å². The van der Waals surface area contributed by atoms with E-state index in [1.807, 2.05) is 18.2 Å². The topological polar surface area (TPSA) is 50.8 Å². The molecule has 3 rings (SSSR count). The molecule has 0 aliphatic carbocycles. The number of anilines is 2. The van der Waals surface area contributed by atoms with Crippen LogP contribution in [0.25, 0.3) is 0 Å². The first-order valence-electron chi connectivity index (χ1n) is 7.28. The van der Waals surface area contributed by atoms with Gasteiger partial charge in [0.15, 0.2) is 0 Å². The average Bonchev–Trinajstić information content (AvgIpc) is 2.98. The van der Waals surface area contributed by atoms with Gasteiger partial charge in [0.25, 0.3) is 0 Å². The summed E-state index contributed by atoms with van der Waals surface area (Å²) in [5.74, 6) is 0.333. The van der Waals surface area contributed by atoms with Crippen LogP contribution in [0, 0.1) is 5.82 Å². The Morgan fingerprint density at radius 3 is 2.87 bits per heavy atom. The molecule has 23 heavy (non-hydrogen) atoms. The van der Waals surface area contributed by atoms with Crippen LogP contribution in [-0.2, 0) is 11.3 Å². The van der Waals surface area contributed by atoms with Gasteiger partial charge in [-0.1, -0.05) is 12.1 Å². The summed E-state index contributed by atoms with van der Waals surface area (Å²) in [5, 5.41) is 3.22. The van der Waals surface area contributed by atoms with Crippen molar-refractivity contribution in [1.82, 2.24) is 0 Å². The Kier molecular flexibility index (Phi) is 4.32. The highest BCUT2D eigenvalue weighted by molar-refractivity contribution is 5.92. The van der Waals surface area contributed by atoms with Gasteiger partial charge in [0.05, 0.1) is 19.3 Å². The molecular formula is C17H17FN2O3. The van der Waals surface area contributed by atoms with Gasteiger partial charge in [-0.25, -0.2) is 9.18 Å². The minimum Gasteiger partial charge on any atom is -0.495 e. The fraction of sp³-hybridized carbons (Fsp3) is 0.235. The first kappa shape index (κ1) is 15.1. The van der Waals surface area contributed by atoms with Gasteiger partial charge in [-0.15, -0.1) is 0 Å². The van der Waals surface area contributed by atoms with Crippen molar-refractivity contribution < 1.29 is 18.7 Å². The predicted molar refractivity (Wildman–Crippen MR) is 85.4 cm³/mol. The SMILES string of the molecule is COc1ccc(NCc2cccc(F)c2)cc1N1CCOC1=O. The van der Waals surface area contributed by atoms with Gasteiger partial charge in [-0.3, -0.25) is 4.90 Å². The van der Waals surface area contributed by atoms with E-state index >= 15 is 0 Å². The molecule has 1 amide bonds. The molecule has 0 radical (unpaired) electrons. The van der Waals surface area contributed by atoms with E-state index in [4.69, 9.17) is 9.47 Å². The molecule has 1 fully saturated rings. The Morgan fingerprint density at radius 2 is 2.17 bits per heavy atom. The number of carbonyl (C=O) groups is 1. The number of nitrogens with one attached hydrogen (secondary N) is 1. The van der Waals surface area contributed by atoms with Crippen molar-refractivity contribution in [2.45, 2.75) is 6.54 Å². The normalized spacial score (nSPS) is 13.8. The lowest BCUT2D eigenvalue weighted by atomic mass is 10.2. The molecule has 1 aliphatic heterocycles. The fourth-order valence-electron chi connectivity index (χ4n) is 2.47. The van der Waals surface area contributed by atoms with E-state index in [-0.39, 0.29) is 11.9 Å². The third-order valence-corrected chi connectivity index (χ3v) is 3.62. The van der Waals surface area contributed by atoms with Crippen LogP contribution in [0.5, 0.6) is 5.75 Å². The summed E-state index contributed by atoms with van der Waals surface area (Å²) < 4.78 is 23.5. The predicted octanol–water partition coefficient (Wildman–Crippen LogP) is 3.40. The lowest BCUT2D eigenvalue weighted by Crippen LogP contribution is -2.24. The van der Waals surface area contributed by atoms with Crippen molar-refractivity contribution in [2.24, 2.45) is 0 Å². The molecule has 2 aromatic carbocycles. The zero-order chi connectivity index (χ0) is 16.2. The first-order valence-corrected chi connectivity index (χ1v) is 7.28. The molecular weight excluding hydrogens is 299 g/mol. The van der Waals surface area contributed by atoms with Gasteiger partial charge in [0.1, 0.15) is 18.2 Å². The average molecular weight is 316 g/mol. The van der Waals surface area contributed by atoms with Crippen LogP contribution < -0.4 is 15.0 Å². The third kappa shape index (κ3) is 3.36. The summed E-state index contributed by atoms with van der Waals surface area (Å²) in [6.45, 7) is 1.33. The van der Waals surface area contributed by atoms with E-state index < -0.39 is 0 Å². The van der Waals surface area contributed by atoms with Crippen LogP contribution in [-0.4, -0.2) is 26.4 Å². The smallest absolute Gasteiger partial charge is 0.414 e. The maximum absolute atomic E-state index is 13.2. The molecule has 5 nitrogen and oxygen atoms in total. The molecule has 1 heterocycles. The highest BCUT2D eigenvalue weighted by Crippen LogP contribution is 2.33. The fourth-order valence-corrected chi connectivity index (χ4v) is 2.47. The molecule has 0 bridgehead atoms. The number of carbonyl (C=O) groups excluding carboxylic acids is 1. The third-order valence-electron chi connectivity index (χ3n) is 3.62. The van der Waals surface area contributed by atoms with E-state index in [9.17, 15) is 9.18 Å². The van der Waals surface area contributed by atoms with Gasteiger partial charge in [-0.2, -0.15) is 0 Å². The van der Waals surface area contributed by atoms with E-state index in [1.54, 1.807) is 19.2 Å². The summed E-state index contributed by atoms with van der Waals surface area (Å²) in [7, 11) is 1.56. The van der Waals surface area contributed by atoms with Crippen LogP contribution in [0.1, 0.15) is 5.56 Å². The monoisotopic (exact) mass is 316 g/mol. The second kappa shape index (κ2) is 6.56. The van der Waals surface area contributed by atoms with E-state index in [1.165, 1.54) is 17.0 Å². The first-order chi connectivity index (χ1) is 11.2. The van der Waals surface area contributed by atoms with Crippen molar-refractivity contribution >= 4 is 17.5 Å². The minimum absolute atomic E-state index is 0.264. The summed E-state index contributed by atoms with van der Waals surface area (Å²) >= 11 is 0. The molecule has 0 aromatic heterocycles. The largest absolute Gasteiger partial charge is 0.495 e. The summed E-state index contributed by atoms with van der Waals surface area (Å²) in [5.41, 5.74) is 2.30. The molecule has 6 heteroatoms. The van der Waals surface area contributed by atoms with Crippen LogP contribution in [0.4, 0.5) is 20.6 Å². The second-order valence-electron chi connectivity index (χ2n) is 5.14. The van der Waals surface area contributed by atoms with Gasteiger partial charge in [0.2, 0.25) is 0 Å². The van der Waals surface area contributed by atoms with Crippen molar-refractivity contribution in [3.8, 4) is 5.75 Å². The Morgan fingerprint density at radius 1 is 1.30 bits per heavy atom. The minimum atomic E-state index is -0.384.